The Morgan fingerprint density at radius 1 is 1.30 bits per heavy atom. The van der Waals surface area contributed by atoms with Gasteiger partial charge in [-0.15, -0.1) is 0 Å². The highest BCUT2D eigenvalue weighted by Gasteiger charge is 2.10. The maximum Gasteiger partial charge on any atom is 0.271 e. The lowest BCUT2D eigenvalue weighted by Gasteiger charge is -2.10. The van der Waals surface area contributed by atoms with Crippen molar-refractivity contribution in [1.82, 2.24) is 5.43 Å². The largest absolute Gasteiger partial charge is 0.493 e. The van der Waals surface area contributed by atoms with Crippen LogP contribution in [0, 0.1) is 5.92 Å². The summed E-state index contributed by atoms with van der Waals surface area (Å²) >= 11 is 0. The van der Waals surface area contributed by atoms with Crippen LogP contribution in [0.5, 0.6) is 11.5 Å². The summed E-state index contributed by atoms with van der Waals surface area (Å²) in [6, 6.07) is 4.99. The van der Waals surface area contributed by atoms with Crippen LogP contribution >= 0.6 is 0 Å². The third kappa shape index (κ3) is 3.98. The summed E-state index contributed by atoms with van der Waals surface area (Å²) in [4.78, 5) is 12.0. The van der Waals surface area contributed by atoms with E-state index >= 15 is 0 Å². The minimum atomic E-state index is -0.270. The number of benzene rings is 1. The molecule has 5 nitrogen and oxygen atoms in total. The van der Waals surface area contributed by atoms with Crippen molar-refractivity contribution in [3.63, 3.8) is 0 Å². The second kappa shape index (κ2) is 7.53. The van der Waals surface area contributed by atoms with Gasteiger partial charge in [-0.05, 0) is 37.5 Å². The topological polar surface area (TPSA) is 59.9 Å². The molecule has 0 fully saturated rings. The molecule has 0 aliphatic heterocycles. The van der Waals surface area contributed by atoms with Gasteiger partial charge >= 0.3 is 0 Å². The fourth-order valence-electron chi connectivity index (χ4n) is 1.59. The van der Waals surface area contributed by atoms with Crippen LogP contribution < -0.4 is 14.9 Å². The molecule has 0 aromatic heterocycles. The molecule has 0 saturated carbocycles. The number of methoxy groups -OCH3 is 2. The van der Waals surface area contributed by atoms with E-state index in [0.717, 1.165) is 12.1 Å². The normalized spacial score (nSPS) is 12.8. The zero-order valence-corrected chi connectivity index (χ0v) is 12.7. The van der Waals surface area contributed by atoms with Gasteiger partial charge in [0.1, 0.15) is 0 Å². The maximum absolute atomic E-state index is 12.0. The molecule has 0 aliphatic rings. The number of carbonyl (C=O) groups is 1. The molecule has 0 unspecified atom stereocenters. The molecule has 1 aromatic rings. The summed E-state index contributed by atoms with van der Waals surface area (Å²) in [5.74, 6) is 1.18. The molecule has 0 radical (unpaired) electrons. The third-order valence-electron chi connectivity index (χ3n) is 3.31. The van der Waals surface area contributed by atoms with Crippen LogP contribution in [0.4, 0.5) is 0 Å². The first-order valence-electron chi connectivity index (χ1n) is 6.60. The van der Waals surface area contributed by atoms with E-state index in [1.807, 2.05) is 6.92 Å². The number of nitrogens with one attached hydrogen (secondary N) is 1. The Labute approximate surface area is 120 Å². The molecule has 1 N–H and O–H groups in total. The van der Waals surface area contributed by atoms with E-state index in [0.29, 0.717) is 23.0 Å². The highest BCUT2D eigenvalue weighted by molar-refractivity contribution is 5.96. The van der Waals surface area contributed by atoms with E-state index in [-0.39, 0.29) is 5.91 Å². The first-order chi connectivity index (χ1) is 9.53. The fraction of sp³-hybridized carbons (Fsp3) is 0.467. The summed E-state index contributed by atoms with van der Waals surface area (Å²) in [5, 5.41) is 4.11. The number of hydrazone groups is 1. The van der Waals surface area contributed by atoms with E-state index in [9.17, 15) is 4.79 Å². The number of ether oxygens (including phenoxy) is 2. The minimum Gasteiger partial charge on any atom is -0.493 e. The average molecular weight is 278 g/mol. The number of hydrogen-bond acceptors (Lipinski definition) is 4. The average Bonchev–Trinajstić information content (AvgIpc) is 2.50. The Balaban J connectivity index is 2.83. The van der Waals surface area contributed by atoms with E-state index in [2.05, 4.69) is 24.4 Å². The Morgan fingerprint density at radius 2 is 1.95 bits per heavy atom. The molecule has 5 heteroatoms. The molecule has 1 amide bonds. The fourth-order valence-corrected chi connectivity index (χ4v) is 1.59. The maximum atomic E-state index is 12.0. The molecule has 0 spiro atoms. The monoisotopic (exact) mass is 278 g/mol. The first-order valence-corrected chi connectivity index (χ1v) is 6.60. The number of hydrogen-bond donors (Lipinski definition) is 1. The molecule has 1 aromatic carbocycles. The van der Waals surface area contributed by atoms with E-state index in [1.54, 1.807) is 25.3 Å². The first kappa shape index (κ1) is 16.0. The molecule has 110 valence electrons. The van der Waals surface area contributed by atoms with Crippen molar-refractivity contribution >= 4 is 11.6 Å². The lowest BCUT2D eigenvalue weighted by molar-refractivity contribution is 0.0954. The van der Waals surface area contributed by atoms with Gasteiger partial charge < -0.3 is 9.47 Å². The minimum absolute atomic E-state index is 0.270. The number of amides is 1. The SMILES string of the molecule is CC[C@@H](C)/C(C)=N\NC(=O)c1ccc(OC)c(OC)c1. The van der Waals surface area contributed by atoms with Crippen LogP contribution in [0.15, 0.2) is 23.3 Å². The van der Waals surface area contributed by atoms with Crippen LogP contribution in [-0.4, -0.2) is 25.8 Å². The van der Waals surface area contributed by atoms with Gasteiger partial charge in [0.25, 0.3) is 5.91 Å². The van der Waals surface area contributed by atoms with Crippen LogP contribution in [-0.2, 0) is 0 Å². The van der Waals surface area contributed by atoms with Crippen LogP contribution in [0.3, 0.4) is 0 Å². The number of nitrogens with zero attached hydrogens (tertiary/aromatic N) is 1. The van der Waals surface area contributed by atoms with Gasteiger partial charge in [-0.3, -0.25) is 4.79 Å². The Hall–Kier alpha value is -2.04. The molecule has 20 heavy (non-hydrogen) atoms. The van der Waals surface area contributed by atoms with Gasteiger partial charge in [-0.25, -0.2) is 5.43 Å². The summed E-state index contributed by atoms with van der Waals surface area (Å²) < 4.78 is 10.3. The van der Waals surface area contributed by atoms with Crippen molar-refractivity contribution in [3.8, 4) is 11.5 Å². The second-order valence-electron chi connectivity index (χ2n) is 4.57. The molecule has 0 heterocycles. The van der Waals surface area contributed by atoms with Crippen molar-refractivity contribution in [2.24, 2.45) is 11.0 Å². The van der Waals surface area contributed by atoms with Gasteiger partial charge in [-0.2, -0.15) is 5.10 Å². The van der Waals surface area contributed by atoms with E-state index in [4.69, 9.17) is 9.47 Å². The van der Waals surface area contributed by atoms with Gasteiger partial charge in [0.15, 0.2) is 11.5 Å². The highest BCUT2D eigenvalue weighted by Crippen LogP contribution is 2.27. The second-order valence-corrected chi connectivity index (χ2v) is 4.57. The van der Waals surface area contributed by atoms with Crippen LogP contribution in [0.2, 0.25) is 0 Å². The van der Waals surface area contributed by atoms with Gasteiger partial charge in [0, 0.05) is 11.3 Å². The molecule has 1 rings (SSSR count). The quantitative estimate of drug-likeness (QED) is 0.643. The molecule has 0 aliphatic carbocycles. The highest BCUT2D eigenvalue weighted by atomic mass is 16.5. The summed E-state index contributed by atoms with van der Waals surface area (Å²) in [6.07, 6.45) is 0.988. The zero-order valence-electron chi connectivity index (χ0n) is 12.7. The van der Waals surface area contributed by atoms with Crippen LogP contribution in [0.25, 0.3) is 0 Å². The summed E-state index contributed by atoms with van der Waals surface area (Å²) in [5.41, 5.74) is 3.93. The van der Waals surface area contributed by atoms with Crippen LogP contribution in [0.1, 0.15) is 37.6 Å². The lowest BCUT2D eigenvalue weighted by atomic mass is 10.1. The van der Waals surface area contributed by atoms with Crippen molar-refractivity contribution in [2.45, 2.75) is 27.2 Å². The smallest absolute Gasteiger partial charge is 0.271 e. The third-order valence-corrected chi connectivity index (χ3v) is 3.31. The van der Waals surface area contributed by atoms with Crippen molar-refractivity contribution in [3.05, 3.63) is 23.8 Å². The Morgan fingerprint density at radius 3 is 2.50 bits per heavy atom. The molecular formula is C15H22N2O3. The number of rotatable bonds is 6. The van der Waals surface area contributed by atoms with Gasteiger partial charge in [-0.1, -0.05) is 13.8 Å². The Kier molecular flexibility index (Phi) is 6.03. The van der Waals surface area contributed by atoms with Gasteiger partial charge in [0.05, 0.1) is 14.2 Å². The predicted octanol–water partition coefficient (Wildman–Crippen LogP) is 2.86. The summed E-state index contributed by atoms with van der Waals surface area (Å²) in [6.45, 7) is 6.06. The standard InChI is InChI=1S/C15H22N2O3/c1-6-10(2)11(3)16-17-15(18)12-7-8-13(19-4)14(9-12)20-5/h7-10H,6H2,1-5H3,(H,17,18)/b16-11-/t10-/m1/s1. The van der Waals surface area contributed by atoms with E-state index in [1.165, 1.54) is 7.11 Å². The molecule has 0 saturated heterocycles. The van der Waals surface area contributed by atoms with Crippen molar-refractivity contribution < 1.29 is 14.3 Å². The predicted molar refractivity (Wildman–Crippen MR) is 79.6 cm³/mol. The van der Waals surface area contributed by atoms with E-state index < -0.39 is 0 Å². The van der Waals surface area contributed by atoms with Gasteiger partial charge in [0.2, 0.25) is 0 Å². The Bertz CT molecular complexity index is 498. The zero-order chi connectivity index (χ0) is 15.1. The molecular weight excluding hydrogens is 256 g/mol. The van der Waals surface area contributed by atoms with Crippen molar-refractivity contribution in [2.75, 3.05) is 14.2 Å². The molecule has 0 bridgehead atoms. The molecule has 1 atom stereocenters. The number of carbonyl (C=O) groups excluding carboxylic acids is 1. The summed E-state index contributed by atoms with van der Waals surface area (Å²) in [7, 11) is 3.09. The van der Waals surface area contributed by atoms with Crippen molar-refractivity contribution in [1.29, 1.82) is 0 Å². The lowest BCUT2D eigenvalue weighted by Crippen LogP contribution is -2.21.